The van der Waals surface area contributed by atoms with Gasteiger partial charge >= 0.3 is 0 Å². The minimum Gasteiger partial charge on any atom is -0.310 e. The Balaban J connectivity index is 1.10. The average molecular weight is 604 g/mol. The Bertz CT molecular complexity index is 2510. The summed E-state index contributed by atoms with van der Waals surface area (Å²) in [5, 5.41) is 7.75. The Morgan fingerprint density at radius 1 is 0.326 bits per heavy atom. The van der Waals surface area contributed by atoms with Gasteiger partial charge in [-0.25, -0.2) is 0 Å². The maximum atomic E-state index is 2.35. The maximum Gasteiger partial charge on any atom is 0.0468 e. The van der Waals surface area contributed by atoms with Crippen LogP contribution in [-0.2, 0) is 0 Å². The normalized spacial score (nSPS) is 11.5. The topological polar surface area (TPSA) is 3.24 Å². The predicted molar refractivity (Wildman–Crippen MR) is 200 cm³/mol. The molecule has 0 saturated carbocycles. The van der Waals surface area contributed by atoms with Gasteiger partial charge in [0.05, 0.1) is 0 Å². The molecule has 0 N–H and O–H groups in total. The van der Waals surface area contributed by atoms with Gasteiger partial charge in [-0.3, -0.25) is 0 Å². The lowest BCUT2D eigenvalue weighted by molar-refractivity contribution is 1.29. The molecule has 0 aliphatic rings. The van der Waals surface area contributed by atoms with Crippen LogP contribution in [0.1, 0.15) is 0 Å². The largest absolute Gasteiger partial charge is 0.310 e. The van der Waals surface area contributed by atoms with Crippen LogP contribution in [0, 0.1) is 0 Å². The first-order valence-electron chi connectivity index (χ1n) is 15.7. The van der Waals surface area contributed by atoms with Crippen LogP contribution in [-0.4, -0.2) is 0 Å². The summed E-state index contributed by atoms with van der Waals surface area (Å²) in [5.41, 5.74) is 8.25. The molecule has 0 saturated heterocycles. The van der Waals surface area contributed by atoms with Gasteiger partial charge in [-0.15, -0.1) is 11.3 Å². The summed E-state index contributed by atoms with van der Waals surface area (Å²) >= 11 is 1.89. The first kappa shape index (κ1) is 26.7. The van der Waals surface area contributed by atoms with Crippen molar-refractivity contribution < 1.29 is 0 Å². The zero-order valence-corrected chi connectivity index (χ0v) is 25.9. The van der Waals surface area contributed by atoms with E-state index in [4.69, 9.17) is 0 Å². The van der Waals surface area contributed by atoms with Gasteiger partial charge in [0.1, 0.15) is 0 Å². The molecule has 0 amide bonds. The van der Waals surface area contributed by atoms with Crippen LogP contribution in [0.4, 0.5) is 17.1 Å². The fraction of sp³-hybridized carbons (Fsp3) is 0. The van der Waals surface area contributed by atoms with Crippen molar-refractivity contribution in [3.63, 3.8) is 0 Å². The van der Waals surface area contributed by atoms with Crippen molar-refractivity contribution in [1.29, 1.82) is 0 Å². The van der Waals surface area contributed by atoms with Gasteiger partial charge < -0.3 is 4.90 Å². The highest BCUT2D eigenvalue weighted by Gasteiger charge is 2.15. The van der Waals surface area contributed by atoms with Crippen molar-refractivity contribution in [2.45, 2.75) is 0 Å². The quantitative estimate of drug-likeness (QED) is 0.189. The van der Waals surface area contributed by atoms with E-state index in [-0.39, 0.29) is 0 Å². The van der Waals surface area contributed by atoms with Crippen molar-refractivity contribution in [3.05, 3.63) is 176 Å². The van der Waals surface area contributed by atoms with Crippen LogP contribution in [0.2, 0.25) is 0 Å². The van der Waals surface area contributed by atoms with E-state index >= 15 is 0 Å². The van der Waals surface area contributed by atoms with Crippen LogP contribution >= 0.6 is 11.3 Å². The summed E-state index contributed by atoms with van der Waals surface area (Å²) in [6.07, 6.45) is 0. The van der Waals surface area contributed by atoms with Crippen LogP contribution in [0.5, 0.6) is 0 Å². The van der Waals surface area contributed by atoms with Gasteiger partial charge in [-0.2, -0.15) is 0 Å². The minimum atomic E-state index is 1.12. The number of thiophene rings is 1. The summed E-state index contributed by atoms with van der Waals surface area (Å²) in [6, 6.07) is 63.9. The second-order valence-electron chi connectivity index (χ2n) is 11.8. The molecule has 0 aliphatic carbocycles. The molecular weight excluding hydrogens is 575 g/mol. The lowest BCUT2D eigenvalue weighted by Gasteiger charge is -2.26. The van der Waals surface area contributed by atoms with Crippen molar-refractivity contribution in [3.8, 4) is 22.3 Å². The van der Waals surface area contributed by atoms with Crippen LogP contribution in [0.15, 0.2) is 176 Å². The maximum absolute atomic E-state index is 2.35. The molecule has 2 heteroatoms. The molecular formula is C44H29NS. The molecule has 0 atom stereocenters. The van der Waals surface area contributed by atoms with E-state index in [1.54, 1.807) is 0 Å². The zero-order valence-electron chi connectivity index (χ0n) is 25.1. The van der Waals surface area contributed by atoms with Gasteiger partial charge in [0.2, 0.25) is 0 Å². The van der Waals surface area contributed by atoms with Gasteiger partial charge in [-0.05, 0) is 92.3 Å². The number of anilines is 3. The third-order valence-electron chi connectivity index (χ3n) is 9.04. The Labute approximate surface area is 272 Å². The first-order chi connectivity index (χ1) is 22.8. The molecule has 0 radical (unpaired) electrons. The van der Waals surface area contributed by atoms with Crippen LogP contribution in [0.3, 0.4) is 0 Å². The van der Waals surface area contributed by atoms with Crippen molar-refractivity contribution >= 4 is 70.1 Å². The summed E-state index contributed by atoms with van der Waals surface area (Å²) in [5.74, 6) is 0. The molecule has 0 bridgehead atoms. The molecule has 1 nitrogen and oxygen atoms in total. The molecule has 1 heterocycles. The summed E-state index contributed by atoms with van der Waals surface area (Å²) in [4.78, 5) is 2.35. The number of hydrogen-bond acceptors (Lipinski definition) is 2. The van der Waals surface area contributed by atoms with Crippen molar-refractivity contribution in [1.82, 2.24) is 0 Å². The van der Waals surface area contributed by atoms with E-state index in [0.29, 0.717) is 0 Å². The molecule has 1 aromatic heterocycles. The molecule has 0 spiro atoms. The Hall–Kier alpha value is -5.70. The number of fused-ring (bicyclic) bond motifs is 6. The Kier molecular flexibility index (Phi) is 6.40. The Morgan fingerprint density at radius 3 is 1.67 bits per heavy atom. The van der Waals surface area contributed by atoms with Gasteiger partial charge in [0.15, 0.2) is 0 Å². The molecule has 8 aromatic carbocycles. The molecule has 9 aromatic rings. The first-order valence-corrected chi connectivity index (χ1v) is 16.5. The molecule has 0 unspecified atom stereocenters. The Morgan fingerprint density at radius 2 is 0.891 bits per heavy atom. The summed E-state index contributed by atoms with van der Waals surface area (Å²) in [7, 11) is 0. The van der Waals surface area contributed by atoms with E-state index in [1.165, 1.54) is 64.0 Å². The smallest absolute Gasteiger partial charge is 0.0468 e. The van der Waals surface area contributed by atoms with Gasteiger partial charge in [0.25, 0.3) is 0 Å². The predicted octanol–water partition coefficient (Wildman–Crippen LogP) is 13.2. The SMILES string of the molecule is c1ccc(-c2ccc(N(c3ccc(-c4ccc5c(ccc6c7ccccc7sc56)c4)cc3)c3ccc4ccccc4c3)cc2)cc1. The van der Waals surface area contributed by atoms with Crippen molar-refractivity contribution in [2.24, 2.45) is 0 Å². The molecule has 46 heavy (non-hydrogen) atoms. The molecule has 216 valence electrons. The fourth-order valence-corrected chi connectivity index (χ4v) is 7.93. The standard InChI is InChI=1S/C44H29NS/c1-2-8-30(9-3-1)32-14-21-37(22-15-32)45(39-25-18-31-10-4-5-11-34(31)29-39)38-23-16-33(17-24-38)35-19-26-40-36(28-35)20-27-42-41-12-6-7-13-43(41)46-44(40)42/h1-29H. The number of nitrogens with zero attached hydrogens (tertiary/aromatic N) is 1. The second-order valence-corrected chi connectivity index (χ2v) is 12.9. The van der Waals surface area contributed by atoms with Gasteiger partial charge in [-0.1, -0.05) is 127 Å². The zero-order chi connectivity index (χ0) is 30.5. The van der Waals surface area contributed by atoms with E-state index in [0.717, 1.165) is 17.1 Å². The van der Waals surface area contributed by atoms with E-state index in [2.05, 4.69) is 181 Å². The van der Waals surface area contributed by atoms with Crippen LogP contribution in [0.25, 0.3) is 64.0 Å². The lowest BCUT2D eigenvalue weighted by atomic mass is 9.99. The van der Waals surface area contributed by atoms with E-state index in [1.807, 2.05) is 11.3 Å². The summed E-state index contributed by atoms with van der Waals surface area (Å²) in [6.45, 7) is 0. The second kappa shape index (κ2) is 11.0. The number of benzene rings is 8. The summed E-state index contributed by atoms with van der Waals surface area (Å²) < 4.78 is 2.71. The minimum absolute atomic E-state index is 1.12. The van der Waals surface area contributed by atoms with Crippen molar-refractivity contribution in [2.75, 3.05) is 4.90 Å². The molecule has 9 rings (SSSR count). The third-order valence-corrected chi connectivity index (χ3v) is 10.3. The van der Waals surface area contributed by atoms with Gasteiger partial charge in [0, 0.05) is 37.2 Å². The number of rotatable bonds is 5. The third kappa shape index (κ3) is 4.63. The monoisotopic (exact) mass is 603 g/mol. The van der Waals surface area contributed by atoms with E-state index < -0.39 is 0 Å². The highest BCUT2D eigenvalue weighted by atomic mass is 32.1. The van der Waals surface area contributed by atoms with E-state index in [9.17, 15) is 0 Å². The lowest BCUT2D eigenvalue weighted by Crippen LogP contribution is -2.09. The molecule has 0 fully saturated rings. The highest BCUT2D eigenvalue weighted by Crippen LogP contribution is 2.41. The highest BCUT2D eigenvalue weighted by molar-refractivity contribution is 7.26. The molecule has 0 aliphatic heterocycles. The fourth-order valence-electron chi connectivity index (χ4n) is 6.69. The number of hydrogen-bond donors (Lipinski definition) is 0. The average Bonchev–Trinajstić information content (AvgIpc) is 3.52. The van der Waals surface area contributed by atoms with Crippen LogP contribution < -0.4 is 4.90 Å².